The number of hydrogen-bond acceptors (Lipinski definition) is 3. The van der Waals surface area contributed by atoms with Crippen molar-refractivity contribution in [3.8, 4) is 0 Å². The lowest BCUT2D eigenvalue weighted by atomic mass is 10.2. The molecule has 1 heterocycles. The van der Waals surface area contributed by atoms with Gasteiger partial charge in [0.25, 0.3) is 0 Å². The van der Waals surface area contributed by atoms with Gasteiger partial charge in [-0.15, -0.1) is 0 Å². The van der Waals surface area contributed by atoms with Gasteiger partial charge in [0.1, 0.15) is 0 Å². The van der Waals surface area contributed by atoms with Gasteiger partial charge in [-0.3, -0.25) is 0 Å². The molecule has 3 nitrogen and oxygen atoms in total. The van der Waals surface area contributed by atoms with Crippen LogP contribution in [-0.4, -0.2) is 15.0 Å². The van der Waals surface area contributed by atoms with Crippen molar-refractivity contribution in [3.05, 3.63) is 15.9 Å². The van der Waals surface area contributed by atoms with E-state index in [1.54, 1.807) is 0 Å². The topological polar surface area (TPSA) is 38.7 Å². The highest BCUT2D eigenvalue weighted by atomic mass is 35.5. The van der Waals surface area contributed by atoms with E-state index < -0.39 is 0 Å². The number of halogens is 3. The van der Waals surface area contributed by atoms with E-state index in [4.69, 9.17) is 34.8 Å². The van der Waals surface area contributed by atoms with Crippen LogP contribution in [-0.2, 0) is 0 Å². The summed E-state index contributed by atoms with van der Waals surface area (Å²) in [5.74, 6) is 0. The standard InChI is InChI=1S/C6H14.C3Cl3N3/c1-3-5-6-4-2;4-1-7-2(5)9-3(6)8-1/h3-6H2,1-2H3;. The molecule has 86 valence electrons. The molecule has 0 amide bonds. The minimum absolute atomic E-state index is 0.000000000000000444. The molecule has 6 heteroatoms. The van der Waals surface area contributed by atoms with Crippen LogP contribution in [0.15, 0.2) is 0 Å². The molecule has 0 radical (unpaired) electrons. The summed E-state index contributed by atoms with van der Waals surface area (Å²) in [6.07, 6.45) is 5.54. The van der Waals surface area contributed by atoms with Gasteiger partial charge in [-0.05, 0) is 34.8 Å². The Morgan fingerprint density at radius 2 is 1.00 bits per heavy atom. The zero-order valence-electron chi connectivity index (χ0n) is 8.80. The molecule has 0 aromatic carbocycles. The molecule has 0 N–H and O–H groups in total. The van der Waals surface area contributed by atoms with E-state index in [0.717, 1.165) is 0 Å². The monoisotopic (exact) mass is 269 g/mol. The second-order valence-corrected chi connectivity index (χ2v) is 3.86. The number of unbranched alkanes of at least 4 members (excludes halogenated alkanes) is 3. The maximum Gasteiger partial charge on any atom is 0.227 e. The molecule has 1 rings (SSSR count). The molecule has 0 saturated carbocycles. The first-order valence-corrected chi connectivity index (χ1v) is 5.96. The van der Waals surface area contributed by atoms with Crippen LogP contribution in [0.5, 0.6) is 0 Å². The largest absolute Gasteiger partial charge is 0.227 e. The molecule has 1 aromatic rings. The Kier molecular flexibility index (Phi) is 9.06. The lowest BCUT2D eigenvalue weighted by Gasteiger charge is -1.88. The summed E-state index contributed by atoms with van der Waals surface area (Å²) < 4.78 is 0. The highest BCUT2D eigenvalue weighted by Crippen LogP contribution is 2.08. The van der Waals surface area contributed by atoms with Crippen LogP contribution < -0.4 is 0 Å². The molecule has 0 atom stereocenters. The quantitative estimate of drug-likeness (QED) is 0.763. The predicted molar refractivity (Wildman–Crippen MR) is 64.7 cm³/mol. The first-order valence-electron chi connectivity index (χ1n) is 4.82. The maximum atomic E-state index is 5.32. The summed E-state index contributed by atoms with van der Waals surface area (Å²) >= 11 is 16.0. The van der Waals surface area contributed by atoms with Crippen molar-refractivity contribution in [1.82, 2.24) is 15.0 Å². The van der Waals surface area contributed by atoms with Crippen LogP contribution >= 0.6 is 34.8 Å². The van der Waals surface area contributed by atoms with Gasteiger partial charge in [0.15, 0.2) is 0 Å². The molecule has 1 aromatic heterocycles. The predicted octanol–water partition coefficient (Wildman–Crippen LogP) is 4.42. The fourth-order valence-corrected chi connectivity index (χ4v) is 1.41. The molecule has 0 aliphatic carbocycles. The summed E-state index contributed by atoms with van der Waals surface area (Å²) in [6, 6.07) is 0. The molecule has 15 heavy (non-hydrogen) atoms. The van der Waals surface area contributed by atoms with E-state index in [2.05, 4.69) is 28.8 Å². The van der Waals surface area contributed by atoms with Crippen molar-refractivity contribution in [2.75, 3.05) is 0 Å². The van der Waals surface area contributed by atoms with Crippen molar-refractivity contribution < 1.29 is 0 Å². The normalized spacial score (nSPS) is 9.40. The lowest BCUT2D eigenvalue weighted by Crippen LogP contribution is -1.87. The summed E-state index contributed by atoms with van der Waals surface area (Å²) in [6.45, 7) is 4.46. The van der Waals surface area contributed by atoms with Crippen molar-refractivity contribution in [1.29, 1.82) is 0 Å². The average molecular weight is 271 g/mol. The Balaban J connectivity index is 0.000000288. The minimum Gasteiger partial charge on any atom is -0.187 e. The number of hydrogen-bond donors (Lipinski definition) is 0. The van der Waals surface area contributed by atoms with Gasteiger partial charge in [0.2, 0.25) is 15.9 Å². The Morgan fingerprint density at radius 1 is 0.733 bits per heavy atom. The van der Waals surface area contributed by atoms with Gasteiger partial charge in [-0.2, -0.15) is 15.0 Å². The molecule has 0 aliphatic rings. The van der Waals surface area contributed by atoms with Crippen LogP contribution in [0.25, 0.3) is 0 Å². The SMILES string of the molecule is CCCCCC.Clc1nc(Cl)nc(Cl)n1. The second kappa shape index (κ2) is 9.13. The van der Waals surface area contributed by atoms with Gasteiger partial charge in [0, 0.05) is 0 Å². The molecular formula is C9H14Cl3N3. The van der Waals surface area contributed by atoms with Gasteiger partial charge in [-0.25, -0.2) is 0 Å². The van der Waals surface area contributed by atoms with E-state index in [1.807, 2.05) is 0 Å². The van der Waals surface area contributed by atoms with Crippen molar-refractivity contribution >= 4 is 34.8 Å². The van der Waals surface area contributed by atoms with E-state index in [1.165, 1.54) is 25.7 Å². The Labute approximate surface area is 105 Å². The third kappa shape index (κ3) is 8.85. The van der Waals surface area contributed by atoms with Crippen molar-refractivity contribution in [2.24, 2.45) is 0 Å². The van der Waals surface area contributed by atoms with E-state index in [9.17, 15) is 0 Å². The summed E-state index contributed by atoms with van der Waals surface area (Å²) in [4.78, 5) is 10.4. The van der Waals surface area contributed by atoms with Crippen LogP contribution in [0.3, 0.4) is 0 Å². The third-order valence-corrected chi connectivity index (χ3v) is 2.02. The Morgan fingerprint density at radius 3 is 1.20 bits per heavy atom. The van der Waals surface area contributed by atoms with Gasteiger partial charge >= 0.3 is 0 Å². The molecule has 0 fully saturated rings. The summed E-state index contributed by atoms with van der Waals surface area (Å²) in [5, 5.41) is 0.00000000000000178. The number of rotatable bonds is 3. The highest BCUT2D eigenvalue weighted by Gasteiger charge is 1.97. The highest BCUT2D eigenvalue weighted by molar-refractivity contribution is 6.33. The van der Waals surface area contributed by atoms with E-state index in [-0.39, 0.29) is 15.9 Å². The zero-order chi connectivity index (χ0) is 11.7. The maximum absolute atomic E-state index is 5.32. The number of nitrogens with zero attached hydrogens (tertiary/aromatic N) is 3. The minimum atomic E-state index is 0.000000000000000444. The average Bonchev–Trinajstić information content (AvgIpc) is 2.13. The fourth-order valence-electron chi connectivity index (χ4n) is 0.803. The van der Waals surface area contributed by atoms with Crippen LogP contribution in [0.1, 0.15) is 39.5 Å². The van der Waals surface area contributed by atoms with Crippen LogP contribution in [0.2, 0.25) is 15.9 Å². The van der Waals surface area contributed by atoms with Gasteiger partial charge < -0.3 is 0 Å². The van der Waals surface area contributed by atoms with Gasteiger partial charge in [0.05, 0.1) is 0 Å². The van der Waals surface area contributed by atoms with E-state index >= 15 is 0 Å². The van der Waals surface area contributed by atoms with Crippen LogP contribution in [0.4, 0.5) is 0 Å². The van der Waals surface area contributed by atoms with E-state index in [0.29, 0.717) is 0 Å². The first kappa shape index (κ1) is 14.9. The summed E-state index contributed by atoms with van der Waals surface area (Å²) in [7, 11) is 0. The zero-order valence-corrected chi connectivity index (χ0v) is 11.1. The second-order valence-electron chi connectivity index (χ2n) is 2.85. The molecule has 0 spiro atoms. The summed E-state index contributed by atoms with van der Waals surface area (Å²) in [5.41, 5.74) is 0. The lowest BCUT2D eigenvalue weighted by molar-refractivity contribution is 0.702. The van der Waals surface area contributed by atoms with Gasteiger partial charge in [-0.1, -0.05) is 39.5 Å². The molecular weight excluding hydrogens is 256 g/mol. The first-order chi connectivity index (χ1) is 7.10. The third-order valence-electron chi connectivity index (χ3n) is 1.51. The van der Waals surface area contributed by atoms with Crippen molar-refractivity contribution in [2.45, 2.75) is 39.5 Å². The smallest absolute Gasteiger partial charge is 0.187 e. The molecule has 0 saturated heterocycles. The van der Waals surface area contributed by atoms with Crippen molar-refractivity contribution in [3.63, 3.8) is 0 Å². The Hall–Kier alpha value is -0.120. The molecule has 0 aliphatic heterocycles. The Bertz CT molecular complexity index is 227. The molecule has 0 bridgehead atoms. The fraction of sp³-hybridized carbons (Fsp3) is 0.667. The molecule has 0 unspecified atom stereocenters. The number of aromatic nitrogens is 3. The van der Waals surface area contributed by atoms with Crippen LogP contribution in [0, 0.1) is 0 Å².